The first-order valence-electron chi connectivity index (χ1n) is 19.3. The number of hydrogen-bond donors (Lipinski definition) is 8. The molecule has 0 fully saturated rings. The largest absolute Gasteiger partial charge is 0.481 e. The summed E-state index contributed by atoms with van der Waals surface area (Å²) in [4.78, 5) is 81.7. The maximum Gasteiger partial charge on any atom is 0.326 e. The Hall–Kier alpha value is -3.75. The van der Waals surface area contributed by atoms with Gasteiger partial charge in [0, 0.05) is 32.2 Å². The summed E-state index contributed by atoms with van der Waals surface area (Å²) < 4.78 is 0. The number of amides is 3. The van der Waals surface area contributed by atoms with Gasteiger partial charge >= 0.3 is 23.9 Å². The number of carboxylic acid groups (broad SMARTS) is 4. The van der Waals surface area contributed by atoms with E-state index in [0.29, 0.717) is 32.2 Å². The average molecular weight is 743 g/mol. The van der Waals surface area contributed by atoms with Gasteiger partial charge in [-0.05, 0) is 52.0 Å². The van der Waals surface area contributed by atoms with Crippen LogP contribution in [-0.2, 0) is 33.6 Å². The number of unbranched alkanes of at least 4 members (excludes halogenated alkanes) is 16. The van der Waals surface area contributed by atoms with Crippen molar-refractivity contribution in [3.63, 3.8) is 0 Å². The summed E-state index contributed by atoms with van der Waals surface area (Å²) in [7, 11) is 1.55. The van der Waals surface area contributed by atoms with Gasteiger partial charge in [-0.3, -0.25) is 24.0 Å². The summed E-state index contributed by atoms with van der Waals surface area (Å²) in [5.74, 6) is -5.82. The molecule has 0 spiro atoms. The van der Waals surface area contributed by atoms with E-state index < -0.39 is 59.7 Å². The van der Waals surface area contributed by atoms with Crippen LogP contribution in [0.25, 0.3) is 0 Å². The molecule has 3 amide bonds. The molecule has 0 aliphatic carbocycles. The van der Waals surface area contributed by atoms with Crippen molar-refractivity contribution < 1.29 is 54.0 Å². The molecule has 15 heteroatoms. The standard InChI is InChI=1S/C37H66N4O11/c1-38-28(35(47)48)20-18-19-27-39-31(42)25-23-29(36(49)50)41-33(44)26-24-30(37(51)52)40-32(43)21-16-14-12-10-8-6-4-2-3-5-7-9-11-13-15-17-22-34(45)46/h28-30,38H,2-27H2,1H3,(H,39,42)(H,40,43)(H,41,44)(H,45,46)(H,47,48)(H,49,50)(H,51,52)/t28-,29-,30-/m0/s1. The Morgan fingerprint density at radius 1 is 0.404 bits per heavy atom. The average Bonchev–Trinajstić information content (AvgIpc) is 3.08. The highest BCUT2D eigenvalue weighted by Crippen LogP contribution is 2.14. The smallest absolute Gasteiger partial charge is 0.326 e. The molecule has 15 nitrogen and oxygen atoms in total. The van der Waals surface area contributed by atoms with Crippen molar-refractivity contribution in [2.24, 2.45) is 0 Å². The third-order valence-corrected chi connectivity index (χ3v) is 9.02. The van der Waals surface area contributed by atoms with Gasteiger partial charge in [-0.15, -0.1) is 0 Å². The van der Waals surface area contributed by atoms with Crippen LogP contribution in [0.4, 0.5) is 0 Å². The van der Waals surface area contributed by atoms with E-state index >= 15 is 0 Å². The molecule has 0 rings (SSSR count). The van der Waals surface area contributed by atoms with E-state index in [0.717, 1.165) is 44.9 Å². The van der Waals surface area contributed by atoms with Gasteiger partial charge in [-0.2, -0.15) is 0 Å². The van der Waals surface area contributed by atoms with Gasteiger partial charge in [0.2, 0.25) is 17.7 Å². The second-order valence-electron chi connectivity index (χ2n) is 13.6. The van der Waals surface area contributed by atoms with E-state index in [1.165, 1.54) is 51.4 Å². The highest BCUT2D eigenvalue weighted by atomic mass is 16.4. The number of carbonyl (C=O) groups is 7. The molecule has 3 atom stereocenters. The van der Waals surface area contributed by atoms with E-state index in [1.54, 1.807) is 7.05 Å². The van der Waals surface area contributed by atoms with Crippen molar-refractivity contribution in [1.29, 1.82) is 0 Å². The predicted octanol–water partition coefficient (Wildman–Crippen LogP) is 4.75. The van der Waals surface area contributed by atoms with Gasteiger partial charge in [0.25, 0.3) is 0 Å². The maximum absolute atomic E-state index is 12.4. The second kappa shape index (κ2) is 31.9. The first-order valence-corrected chi connectivity index (χ1v) is 19.3. The fourth-order valence-corrected chi connectivity index (χ4v) is 5.82. The number of hydrogen-bond acceptors (Lipinski definition) is 8. The quantitative estimate of drug-likeness (QED) is 0.0405. The van der Waals surface area contributed by atoms with Crippen LogP contribution in [-0.4, -0.2) is 93.7 Å². The summed E-state index contributed by atoms with van der Waals surface area (Å²) in [6.45, 7) is 0.297. The topological polar surface area (TPSA) is 249 Å². The minimum absolute atomic E-state index is 0.165. The zero-order chi connectivity index (χ0) is 39.0. The highest BCUT2D eigenvalue weighted by molar-refractivity contribution is 5.86. The third-order valence-electron chi connectivity index (χ3n) is 9.02. The monoisotopic (exact) mass is 742 g/mol. The first kappa shape index (κ1) is 48.2. The van der Waals surface area contributed by atoms with Crippen molar-refractivity contribution in [1.82, 2.24) is 21.3 Å². The molecule has 0 saturated heterocycles. The molecule has 0 saturated carbocycles. The minimum atomic E-state index is -1.35. The molecule has 0 bridgehead atoms. The number of carbonyl (C=O) groups excluding carboxylic acids is 3. The number of aliphatic carboxylic acids is 4. The van der Waals surface area contributed by atoms with Crippen molar-refractivity contribution in [2.45, 2.75) is 179 Å². The SMILES string of the molecule is CN[C@@H](CCCCNC(=O)CC[C@H](NC(=O)CC[C@H](NC(=O)CCCCCCCCCCCCCCCCCCC(=O)O)C(=O)O)C(=O)O)C(=O)O. The summed E-state index contributed by atoms with van der Waals surface area (Å²) in [5.41, 5.74) is 0. The molecule has 0 aliphatic rings. The van der Waals surface area contributed by atoms with E-state index in [-0.39, 0.29) is 38.5 Å². The van der Waals surface area contributed by atoms with Crippen LogP contribution in [0.15, 0.2) is 0 Å². The summed E-state index contributed by atoms with van der Waals surface area (Å²) in [5, 5.41) is 46.7. The fourth-order valence-electron chi connectivity index (χ4n) is 5.82. The molecular weight excluding hydrogens is 676 g/mol. The number of carboxylic acids is 4. The Kier molecular flexibility index (Phi) is 29.6. The molecule has 300 valence electrons. The summed E-state index contributed by atoms with van der Waals surface area (Å²) >= 11 is 0. The van der Waals surface area contributed by atoms with Crippen LogP contribution in [0.5, 0.6) is 0 Å². The van der Waals surface area contributed by atoms with Gasteiger partial charge in [-0.1, -0.05) is 89.9 Å². The predicted molar refractivity (Wildman–Crippen MR) is 196 cm³/mol. The zero-order valence-electron chi connectivity index (χ0n) is 31.3. The molecule has 0 aromatic rings. The highest BCUT2D eigenvalue weighted by Gasteiger charge is 2.24. The van der Waals surface area contributed by atoms with E-state index in [9.17, 15) is 43.8 Å². The fraction of sp³-hybridized carbons (Fsp3) is 0.811. The van der Waals surface area contributed by atoms with E-state index in [1.807, 2.05) is 0 Å². The van der Waals surface area contributed by atoms with E-state index in [4.69, 9.17) is 10.2 Å². The molecule has 0 aliphatic heterocycles. The number of likely N-dealkylation sites (N-methyl/N-ethyl adjacent to an activating group) is 1. The first-order chi connectivity index (χ1) is 24.9. The lowest BCUT2D eigenvalue weighted by Crippen LogP contribution is -2.44. The van der Waals surface area contributed by atoms with Gasteiger partial charge in [0.1, 0.15) is 18.1 Å². The molecule has 0 heterocycles. The normalized spacial score (nSPS) is 12.7. The van der Waals surface area contributed by atoms with Crippen LogP contribution in [0, 0.1) is 0 Å². The number of nitrogens with one attached hydrogen (secondary N) is 4. The van der Waals surface area contributed by atoms with Crippen LogP contribution in [0.1, 0.15) is 161 Å². The number of rotatable bonds is 36. The summed E-state index contributed by atoms with van der Waals surface area (Å²) in [6, 6.07) is -3.31. The van der Waals surface area contributed by atoms with Crippen LogP contribution < -0.4 is 21.3 Å². The second-order valence-corrected chi connectivity index (χ2v) is 13.6. The van der Waals surface area contributed by atoms with Gasteiger partial charge in [0.05, 0.1) is 0 Å². The molecule has 52 heavy (non-hydrogen) atoms. The minimum Gasteiger partial charge on any atom is -0.481 e. The van der Waals surface area contributed by atoms with Crippen molar-refractivity contribution in [3.05, 3.63) is 0 Å². The maximum atomic E-state index is 12.4. The van der Waals surface area contributed by atoms with Crippen LogP contribution >= 0.6 is 0 Å². The van der Waals surface area contributed by atoms with E-state index in [2.05, 4.69) is 21.3 Å². The van der Waals surface area contributed by atoms with Crippen molar-refractivity contribution >= 4 is 41.6 Å². The molecule has 0 unspecified atom stereocenters. The Morgan fingerprint density at radius 2 is 0.769 bits per heavy atom. The molecule has 0 aromatic heterocycles. The molecule has 8 N–H and O–H groups in total. The zero-order valence-corrected chi connectivity index (χ0v) is 31.3. The van der Waals surface area contributed by atoms with Crippen LogP contribution in [0.2, 0.25) is 0 Å². The molecule has 0 aromatic carbocycles. The molecular formula is C37H66N4O11. The van der Waals surface area contributed by atoms with Gasteiger partial charge < -0.3 is 41.7 Å². The van der Waals surface area contributed by atoms with Crippen molar-refractivity contribution in [3.8, 4) is 0 Å². The Labute approximate surface area is 308 Å². The lowest BCUT2D eigenvalue weighted by Gasteiger charge is -2.17. The Morgan fingerprint density at radius 3 is 1.15 bits per heavy atom. The Bertz CT molecular complexity index is 1060. The van der Waals surface area contributed by atoms with Gasteiger partial charge in [-0.25, -0.2) is 9.59 Å². The molecule has 0 radical (unpaired) electrons. The van der Waals surface area contributed by atoms with Crippen molar-refractivity contribution in [2.75, 3.05) is 13.6 Å². The van der Waals surface area contributed by atoms with Gasteiger partial charge in [0.15, 0.2) is 0 Å². The lowest BCUT2D eigenvalue weighted by molar-refractivity contribution is -0.143. The lowest BCUT2D eigenvalue weighted by atomic mass is 10.0. The summed E-state index contributed by atoms with van der Waals surface area (Å²) in [6.07, 6.45) is 18.5. The van der Waals surface area contributed by atoms with Crippen LogP contribution in [0.3, 0.4) is 0 Å². The third kappa shape index (κ3) is 28.9. The Balaban J connectivity index is 4.04.